The van der Waals surface area contributed by atoms with Crippen LogP contribution in [0.15, 0.2) is 105 Å². The Morgan fingerprint density at radius 3 is 2.54 bits per heavy atom. The molecule has 9 nitrogen and oxygen atoms in total. The summed E-state index contributed by atoms with van der Waals surface area (Å²) in [5, 5.41) is 13.7. The standard InChI is InChI=1S/C25H19N3O6S/c29-25(27-17-18-6-5-13-26-16-18)24(35(32,33)22-9-2-1-3-10-22)15-21-11-12-23(34-21)19-7-4-8-20(14-19)28(30)31/h1-16H,17H2,(H,27,29). The summed E-state index contributed by atoms with van der Waals surface area (Å²) in [6.45, 7) is 0.0748. The molecule has 0 fully saturated rings. The zero-order valence-electron chi connectivity index (χ0n) is 18.2. The predicted octanol–water partition coefficient (Wildman–Crippen LogP) is 4.38. The predicted molar refractivity (Wildman–Crippen MR) is 128 cm³/mol. The molecule has 0 spiro atoms. The molecule has 0 radical (unpaired) electrons. The Balaban J connectivity index is 1.70. The van der Waals surface area contributed by atoms with Crippen LogP contribution < -0.4 is 5.32 Å². The third kappa shape index (κ3) is 5.50. The molecule has 4 aromatic rings. The highest BCUT2D eigenvalue weighted by atomic mass is 32.2. The van der Waals surface area contributed by atoms with E-state index in [2.05, 4.69) is 10.3 Å². The zero-order valence-corrected chi connectivity index (χ0v) is 19.0. The first-order chi connectivity index (χ1) is 16.8. The fraction of sp³-hybridized carbons (Fsp3) is 0.0400. The van der Waals surface area contributed by atoms with Gasteiger partial charge in [0.05, 0.1) is 9.82 Å². The number of nitro benzene ring substituents is 1. The van der Waals surface area contributed by atoms with Crippen LogP contribution in [0.2, 0.25) is 0 Å². The van der Waals surface area contributed by atoms with Crippen LogP contribution in [-0.2, 0) is 21.2 Å². The van der Waals surface area contributed by atoms with E-state index in [1.54, 1.807) is 54.9 Å². The van der Waals surface area contributed by atoms with E-state index in [1.165, 1.54) is 36.4 Å². The van der Waals surface area contributed by atoms with Gasteiger partial charge in [-0.3, -0.25) is 19.9 Å². The van der Waals surface area contributed by atoms with Crippen LogP contribution >= 0.6 is 0 Å². The normalized spacial score (nSPS) is 11.7. The minimum atomic E-state index is -4.19. The molecule has 0 atom stereocenters. The summed E-state index contributed by atoms with van der Waals surface area (Å²) in [6, 6.07) is 19.9. The number of benzene rings is 2. The number of non-ortho nitro benzene ring substituents is 1. The van der Waals surface area contributed by atoms with Crippen molar-refractivity contribution in [2.45, 2.75) is 11.4 Å². The molecule has 0 aliphatic carbocycles. The lowest BCUT2D eigenvalue weighted by atomic mass is 10.1. The second-order valence-corrected chi connectivity index (χ2v) is 9.30. The highest BCUT2D eigenvalue weighted by molar-refractivity contribution is 7.96. The molecule has 176 valence electrons. The first kappa shape index (κ1) is 23.6. The van der Waals surface area contributed by atoms with Gasteiger partial charge in [-0.15, -0.1) is 0 Å². The summed E-state index contributed by atoms with van der Waals surface area (Å²) in [7, 11) is -4.19. The Kier molecular flexibility index (Phi) is 6.83. The topological polar surface area (TPSA) is 132 Å². The van der Waals surface area contributed by atoms with Crippen LogP contribution in [0.3, 0.4) is 0 Å². The third-order valence-corrected chi connectivity index (χ3v) is 6.76. The molecule has 2 aromatic carbocycles. The quantitative estimate of drug-likeness (QED) is 0.221. The van der Waals surface area contributed by atoms with Crippen molar-refractivity contribution in [3.05, 3.63) is 118 Å². The van der Waals surface area contributed by atoms with Gasteiger partial charge in [0.15, 0.2) is 0 Å². The maximum Gasteiger partial charge on any atom is 0.270 e. The van der Waals surface area contributed by atoms with E-state index in [4.69, 9.17) is 4.42 Å². The van der Waals surface area contributed by atoms with Gasteiger partial charge in [-0.1, -0.05) is 36.4 Å². The van der Waals surface area contributed by atoms with Gasteiger partial charge in [0.2, 0.25) is 9.84 Å². The zero-order chi connectivity index (χ0) is 24.8. The Morgan fingerprint density at radius 1 is 1.03 bits per heavy atom. The molecular formula is C25H19N3O6S. The summed E-state index contributed by atoms with van der Waals surface area (Å²) >= 11 is 0. The fourth-order valence-electron chi connectivity index (χ4n) is 3.25. The lowest BCUT2D eigenvalue weighted by Crippen LogP contribution is -2.28. The van der Waals surface area contributed by atoms with Crippen LogP contribution in [0.1, 0.15) is 11.3 Å². The number of nitrogens with zero attached hydrogens (tertiary/aromatic N) is 2. The minimum Gasteiger partial charge on any atom is -0.457 e. The van der Waals surface area contributed by atoms with Crippen molar-refractivity contribution < 1.29 is 22.6 Å². The summed E-state index contributed by atoms with van der Waals surface area (Å²) in [4.78, 5) is 27.0. The lowest BCUT2D eigenvalue weighted by Gasteiger charge is -2.10. The van der Waals surface area contributed by atoms with Crippen molar-refractivity contribution in [3.63, 3.8) is 0 Å². The van der Waals surface area contributed by atoms with Gasteiger partial charge in [-0.2, -0.15) is 0 Å². The van der Waals surface area contributed by atoms with E-state index in [0.29, 0.717) is 11.1 Å². The van der Waals surface area contributed by atoms with Gasteiger partial charge in [0.25, 0.3) is 11.6 Å². The summed E-state index contributed by atoms with van der Waals surface area (Å²) in [5.74, 6) is -0.435. The van der Waals surface area contributed by atoms with Gasteiger partial charge >= 0.3 is 0 Å². The molecule has 1 amide bonds. The van der Waals surface area contributed by atoms with E-state index in [0.717, 1.165) is 6.08 Å². The number of rotatable bonds is 8. The molecule has 2 aromatic heterocycles. The summed E-state index contributed by atoms with van der Waals surface area (Å²) in [5.41, 5.74) is 1.02. The molecule has 0 saturated carbocycles. The van der Waals surface area contributed by atoms with Crippen molar-refractivity contribution in [1.82, 2.24) is 10.3 Å². The second kappa shape index (κ2) is 10.1. The largest absolute Gasteiger partial charge is 0.457 e. The molecule has 0 aliphatic heterocycles. The van der Waals surface area contributed by atoms with E-state index in [-0.39, 0.29) is 28.6 Å². The number of sulfone groups is 1. The molecule has 0 bridgehead atoms. The number of amides is 1. The van der Waals surface area contributed by atoms with Crippen LogP contribution in [-0.4, -0.2) is 24.2 Å². The number of nitro groups is 1. The summed E-state index contributed by atoms with van der Waals surface area (Å²) in [6.07, 6.45) is 4.29. The number of aromatic nitrogens is 1. The molecular weight excluding hydrogens is 470 g/mol. The highest BCUT2D eigenvalue weighted by Gasteiger charge is 2.27. The number of furan rings is 1. The van der Waals surface area contributed by atoms with Gasteiger partial charge in [-0.05, 0) is 35.9 Å². The molecule has 35 heavy (non-hydrogen) atoms. The van der Waals surface area contributed by atoms with Crippen molar-refractivity contribution in [1.29, 1.82) is 0 Å². The monoisotopic (exact) mass is 489 g/mol. The van der Waals surface area contributed by atoms with Crippen molar-refractivity contribution >= 4 is 27.5 Å². The Morgan fingerprint density at radius 2 is 1.83 bits per heavy atom. The van der Waals surface area contributed by atoms with Gasteiger partial charge in [0.1, 0.15) is 16.4 Å². The van der Waals surface area contributed by atoms with Gasteiger partial charge in [0, 0.05) is 42.7 Å². The van der Waals surface area contributed by atoms with Crippen LogP contribution in [0.5, 0.6) is 0 Å². The summed E-state index contributed by atoms with van der Waals surface area (Å²) < 4.78 is 32.4. The first-order valence-corrected chi connectivity index (χ1v) is 11.9. The first-order valence-electron chi connectivity index (χ1n) is 10.4. The maximum atomic E-state index is 13.3. The Bertz CT molecular complexity index is 1500. The molecule has 1 N–H and O–H groups in total. The van der Waals surface area contributed by atoms with Crippen LogP contribution in [0, 0.1) is 10.1 Å². The Hall–Kier alpha value is -4.57. The number of carbonyl (C=O) groups is 1. The van der Waals surface area contributed by atoms with Crippen molar-refractivity contribution in [2.75, 3.05) is 0 Å². The van der Waals surface area contributed by atoms with Crippen molar-refractivity contribution in [2.24, 2.45) is 0 Å². The van der Waals surface area contributed by atoms with Gasteiger partial charge < -0.3 is 9.73 Å². The SMILES string of the molecule is O=C(NCc1cccnc1)C(=Cc1ccc(-c2cccc([N+](=O)[O-])c2)o1)S(=O)(=O)c1ccccc1. The molecule has 10 heteroatoms. The number of nitrogens with one attached hydrogen (secondary N) is 1. The number of hydrogen-bond donors (Lipinski definition) is 1. The molecule has 4 rings (SSSR count). The van der Waals surface area contributed by atoms with Crippen LogP contribution in [0.25, 0.3) is 17.4 Å². The van der Waals surface area contributed by atoms with E-state index < -0.39 is 25.6 Å². The minimum absolute atomic E-state index is 0.0479. The number of pyridine rings is 1. The van der Waals surface area contributed by atoms with E-state index in [9.17, 15) is 23.3 Å². The van der Waals surface area contributed by atoms with E-state index >= 15 is 0 Å². The number of carbonyl (C=O) groups excluding carboxylic acids is 1. The average Bonchev–Trinajstić information content (AvgIpc) is 3.36. The van der Waals surface area contributed by atoms with E-state index in [1.807, 2.05) is 0 Å². The lowest BCUT2D eigenvalue weighted by molar-refractivity contribution is -0.384. The molecule has 2 heterocycles. The number of hydrogen-bond acceptors (Lipinski definition) is 7. The molecule has 0 aliphatic rings. The van der Waals surface area contributed by atoms with Crippen molar-refractivity contribution in [3.8, 4) is 11.3 Å². The molecule has 0 unspecified atom stereocenters. The third-order valence-electron chi connectivity index (χ3n) is 4.98. The van der Waals surface area contributed by atoms with Gasteiger partial charge in [-0.25, -0.2) is 8.42 Å². The Labute approximate surface area is 200 Å². The molecule has 0 saturated heterocycles. The average molecular weight is 490 g/mol. The van der Waals surface area contributed by atoms with Crippen LogP contribution in [0.4, 0.5) is 5.69 Å². The maximum absolute atomic E-state index is 13.3. The highest BCUT2D eigenvalue weighted by Crippen LogP contribution is 2.28. The fourth-order valence-corrected chi connectivity index (χ4v) is 4.61. The second-order valence-electron chi connectivity index (χ2n) is 7.38. The smallest absolute Gasteiger partial charge is 0.270 e.